The molecular weight excluding hydrogens is 301 g/mol. The van der Waals surface area contributed by atoms with Crippen LogP contribution in [0, 0.1) is 0 Å². The van der Waals surface area contributed by atoms with Gasteiger partial charge in [-0.15, -0.1) is 0 Å². The van der Waals surface area contributed by atoms with Crippen molar-refractivity contribution in [3.63, 3.8) is 0 Å². The summed E-state index contributed by atoms with van der Waals surface area (Å²) in [4.78, 5) is 3.99. The van der Waals surface area contributed by atoms with E-state index in [1.807, 2.05) is 16.7 Å². The Hall–Kier alpha value is -2.17. The summed E-state index contributed by atoms with van der Waals surface area (Å²) in [5, 5.41) is 0. The molecule has 2 nitrogen and oxygen atoms in total. The minimum atomic E-state index is -4.31. The molecule has 3 rings (SSSR count). The molecule has 0 aliphatic carbocycles. The zero-order chi connectivity index (χ0) is 16.9. The SMILES string of the molecule is C=C(C)C1CC(=C)N1C(=C)N1CCc2cc(C(F)(F)F)ccc21. The Morgan fingerprint density at radius 1 is 1.26 bits per heavy atom. The number of hydrogen-bond donors (Lipinski definition) is 0. The maximum atomic E-state index is 12.8. The van der Waals surface area contributed by atoms with Crippen LogP contribution in [0.3, 0.4) is 0 Å². The van der Waals surface area contributed by atoms with E-state index in [1.54, 1.807) is 0 Å². The third-order valence-corrected chi connectivity index (χ3v) is 4.54. The van der Waals surface area contributed by atoms with E-state index in [9.17, 15) is 13.2 Å². The number of halogens is 3. The summed E-state index contributed by atoms with van der Waals surface area (Å²) in [5.74, 6) is 0.757. The predicted molar refractivity (Wildman–Crippen MR) is 85.8 cm³/mol. The highest BCUT2D eigenvalue weighted by Gasteiger charge is 2.38. The lowest BCUT2D eigenvalue weighted by Crippen LogP contribution is -2.48. The van der Waals surface area contributed by atoms with Gasteiger partial charge in [0.05, 0.1) is 11.6 Å². The topological polar surface area (TPSA) is 6.48 Å². The summed E-state index contributed by atoms with van der Waals surface area (Å²) in [5.41, 5.74) is 2.90. The molecule has 122 valence electrons. The summed E-state index contributed by atoms with van der Waals surface area (Å²) in [6, 6.07) is 4.08. The second-order valence-electron chi connectivity index (χ2n) is 6.16. The Bertz CT molecular complexity index is 703. The third-order valence-electron chi connectivity index (χ3n) is 4.54. The van der Waals surface area contributed by atoms with Crippen molar-refractivity contribution in [2.24, 2.45) is 0 Å². The average molecular weight is 320 g/mol. The molecule has 2 heterocycles. The average Bonchev–Trinajstić information content (AvgIpc) is 2.86. The molecule has 0 saturated carbocycles. The second kappa shape index (κ2) is 5.18. The molecule has 5 heteroatoms. The monoisotopic (exact) mass is 320 g/mol. The van der Waals surface area contributed by atoms with Crippen LogP contribution in [0.4, 0.5) is 18.9 Å². The summed E-state index contributed by atoms with van der Waals surface area (Å²) in [6.07, 6.45) is -2.88. The van der Waals surface area contributed by atoms with Gasteiger partial charge in [0.15, 0.2) is 0 Å². The van der Waals surface area contributed by atoms with Crippen LogP contribution in [-0.2, 0) is 12.6 Å². The van der Waals surface area contributed by atoms with E-state index in [-0.39, 0.29) is 6.04 Å². The van der Waals surface area contributed by atoms with Gasteiger partial charge < -0.3 is 9.80 Å². The van der Waals surface area contributed by atoms with Gasteiger partial charge in [-0.1, -0.05) is 25.3 Å². The van der Waals surface area contributed by atoms with Crippen LogP contribution in [-0.4, -0.2) is 17.5 Å². The Morgan fingerprint density at radius 3 is 2.52 bits per heavy atom. The van der Waals surface area contributed by atoms with Gasteiger partial charge in [-0.2, -0.15) is 13.2 Å². The molecule has 2 aliphatic rings. The van der Waals surface area contributed by atoms with Crippen LogP contribution in [0.15, 0.2) is 55.0 Å². The second-order valence-corrected chi connectivity index (χ2v) is 6.16. The fourth-order valence-corrected chi connectivity index (χ4v) is 3.25. The molecule has 0 amide bonds. The fourth-order valence-electron chi connectivity index (χ4n) is 3.25. The van der Waals surface area contributed by atoms with E-state index in [0.717, 1.165) is 35.3 Å². The number of nitrogens with zero attached hydrogens (tertiary/aromatic N) is 2. The minimum absolute atomic E-state index is 0.175. The van der Waals surface area contributed by atoms with Crippen LogP contribution in [0.5, 0.6) is 0 Å². The Kier molecular flexibility index (Phi) is 3.54. The molecule has 23 heavy (non-hydrogen) atoms. The molecule has 0 N–H and O–H groups in total. The van der Waals surface area contributed by atoms with E-state index in [1.165, 1.54) is 12.1 Å². The van der Waals surface area contributed by atoms with Gasteiger partial charge in [-0.05, 0) is 37.1 Å². The molecule has 1 aromatic carbocycles. The molecule has 1 fully saturated rings. The van der Waals surface area contributed by atoms with Crippen molar-refractivity contribution in [1.82, 2.24) is 4.90 Å². The molecule has 0 spiro atoms. The summed E-state index contributed by atoms with van der Waals surface area (Å²) in [7, 11) is 0. The van der Waals surface area contributed by atoms with Crippen molar-refractivity contribution in [3.05, 3.63) is 66.2 Å². The van der Waals surface area contributed by atoms with Crippen LogP contribution < -0.4 is 4.90 Å². The number of anilines is 1. The molecule has 1 aromatic rings. The first-order valence-electron chi connectivity index (χ1n) is 7.49. The predicted octanol–water partition coefficient (Wildman–Crippen LogP) is 4.70. The van der Waals surface area contributed by atoms with Crippen molar-refractivity contribution in [1.29, 1.82) is 0 Å². The summed E-state index contributed by atoms with van der Waals surface area (Å²) in [6.45, 7) is 14.7. The zero-order valence-corrected chi connectivity index (χ0v) is 13.1. The van der Waals surface area contributed by atoms with Crippen LogP contribution in [0.1, 0.15) is 24.5 Å². The van der Waals surface area contributed by atoms with Gasteiger partial charge in [0, 0.05) is 24.4 Å². The Balaban J connectivity index is 1.87. The lowest BCUT2D eigenvalue weighted by Gasteiger charge is -2.48. The Morgan fingerprint density at radius 2 is 1.96 bits per heavy atom. The lowest BCUT2D eigenvalue weighted by atomic mass is 9.93. The molecule has 0 radical (unpaired) electrons. The number of likely N-dealkylation sites (tertiary alicyclic amines) is 1. The quantitative estimate of drug-likeness (QED) is 0.745. The normalized spacial score (nSPS) is 20.3. The number of benzene rings is 1. The first kappa shape index (κ1) is 15.7. The number of rotatable bonds is 3. The fraction of sp³-hybridized carbons (Fsp3) is 0.333. The van der Waals surface area contributed by atoms with E-state index >= 15 is 0 Å². The third kappa shape index (κ3) is 2.54. The van der Waals surface area contributed by atoms with Crippen LogP contribution in [0.25, 0.3) is 0 Å². The van der Waals surface area contributed by atoms with Crippen LogP contribution in [0.2, 0.25) is 0 Å². The van der Waals surface area contributed by atoms with E-state index in [2.05, 4.69) is 19.7 Å². The summed E-state index contributed by atoms with van der Waals surface area (Å²) < 4.78 is 38.5. The molecule has 1 saturated heterocycles. The molecular formula is C18H19F3N2. The zero-order valence-electron chi connectivity index (χ0n) is 13.1. The van der Waals surface area contributed by atoms with Crippen molar-refractivity contribution < 1.29 is 13.2 Å². The standard InChI is InChI=1S/C18H19F3N2/c1-11(2)17-9-12(3)23(17)13(4)22-8-7-14-10-15(18(19,20)21)5-6-16(14)22/h5-6,10,17H,1,3-4,7-9H2,2H3. The van der Waals surface area contributed by atoms with E-state index in [0.29, 0.717) is 18.5 Å². The first-order valence-corrected chi connectivity index (χ1v) is 7.49. The van der Waals surface area contributed by atoms with E-state index < -0.39 is 11.7 Å². The highest BCUT2D eigenvalue weighted by molar-refractivity contribution is 5.63. The van der Waals surface area contributed by atoms with Gasteiger partial charge in [-0.3, -0.25) is 0 Å². The summed E-state index contributed by atoms with van der Waals surface area (Å²) >= 11 is 0. The molecule has 0 bridgehead atoms. The minimum Gasteiger partial charge on any atom is -0.328 e. The van der Waals surface area contributed by atoms with E-state index in [4.69, 9.17) is 0 Å². The molecule has 1 atom stereocenters. The van der Waals surface area contributed by atoms with Gasteiger partial charge in [0.2, 0.25) is 0 Å². The van der Waals surface area contributed by atoms with Gasteiger partial charge in [-0.25, -0.2) is 0 Å². The lowest BCUT2D eigenvalue weighted by molar-refractivity contribution is -0.137. The number of fused-ring (bicyclic) bond motifs is 1. The van der Waals surface area contributed by atoms with Crippen molar-refractivity contribution >= 4 is 5.69 Å². The molecule has 0 aromatic heterocycles. The largest absolute Gasteiger partial charge is 0.416 e. The number of alkyl halides is 3. The molecule has 1 unspecified atom stereocenters. The first-order chi connectivity index (χ1) is 10.7. The van der Waals surface area contributed by atoms with Crippen molar-refractivity contribution in [2.45, 2.75) is 32.0 Å². The van der Waals surface area contributed by atoms with Gasteiger partial charge >= 0.3 is 6.18 Å². The van der Waals surface area contributed by atoms with Crippen LogP contribution >= 0.6 is 0 Å². The van der Waals surface area contributed by atoms with Gasteiger partial charge in [0.25, 0.3) is 0 Å². The maximum absolute atomic E-state index is 12.8. The maximum Gasteiger partial charge on any atom is 0.416 e. The highest BCUT2D eigenvalue weighted by Crippen LogP contribution is 2.41. The highest BCUT2D eigenvalue weighted by atomic mass is 19.4. The van der Waals surface area contributed by atoms with Crippen molar-refractivity contribution in [3.8, 4) is 0 Å². The van der Waals surface area contributed by atoms with Crippen molar-refractivity contribution in [2.75, 3.05) is 11.4 Å². The smallest absolute Gasteiger partial charge is 0.328 e. The van der Waals surface area contributed by atoms with Gasteiger partial charge in [0.1, 0.15) is 5.82 Å². The Labute approximate surface area is 134 Å². The molecule has 2 aliphatic heterocycles. The number of hydrogen-bond acceptors (Lipinski definition) is 2.